The summed E-state index contributed by atoms with van der Waals surface area (Å²) in [4.78, 5) is 0. The SMILES string of the molecule is CC[C@H](C)C1CC[C@H](C)C1. The first kappa shape index (κ1) is 8.10. The molecule has 3 atom stereocenters. The fourth-order valence-electron chi connectivity index (χ4n) is 2.10. The lowest BCUT2D eigenvalue weighted by molar-refractivity contribution is 0.348. The second-order valence-electron chi connectivity index (χ2n) is 4.06. The third-order valence-electron chi connectivity index (χ3n) is 3.18. The summed E-state index contributed by atoms with van der Waals surface area (Å²) in [5, 5.41) is 0. The Morgan fingerprint density at radius 1 is 1.40 bits per heavy atom. The molecule has 1 aliphatic carbocycles. The molecule has 0 aromatic rings. The summed E-state index contributed by atoms with van der Waals surface area (Å²) >= 11 is 0. The molecule has 0 N–H and O–H groups in total. The number of rotatable bonds is 2. The van der Waals surface area contributed by atoms with Gasteiger partial charge in [0.2, 0.25) is 0 Å². The van der Waals surface area contributed by atoms with Crippen LogP contribution >= 0.6 is 0 Å². The van der Waals surface area contributed by atoms with Gasteiger partial charge in [0.05, 0.1) is 0 Å². The van der Waals surface area contributed by atoms with Gasteiger partial charge in [0.15, 0.2) is 0 Å². The molecule has 60 valence electrons. The van der Waals surface area contributed by atoms with E-state index in [4.69, 9.17) is 0 Å². The molecular weight excluding hydrogens is 120 g/mol. The maximum Gasteiger partial charge on any atom is -0.0386 e. The fourth-order valence-corrected chi connectivity index (χ4v) is 2.10. The minimum Gasteiger partial charge on any atom is -0.0651 e. The summed E-state index contributed by atoms with van der Waals surface area (Å²) < 4.78 is 0. The Bertz CT molecular complexity index is 96.2. The van der Waals surface area contributed by atoms with Crippen LogP contribution in [0.5, 0.6) is 0 Å². The molecule has 10 heavy (non-hydrogen) atoms. The third-order valence-corrected chi connectivity index (χ3v) is 3.18. The summed E-state index contributed by atoms with van der Waals surface area (Å²) in [6.07, 6.45) is 5.84. The minimum atomic E-state index is 0.977. The molecule has 1 rings (SSSR count). The minimum absolute atomic E-state index is 0.977. The van der Waals surface area contributed by atoms with Gasteiger partial charge in [0.25, 0.3) is 0 Å². The average Bonchev–Trinajstić information content (AvgIpc) is 2.34. The van der Waals surface area contributed by atoms with Crippen LogP contribution in [0.3, 0.4) is 0 Å². The lowest BCUT2D eigenvalue weighted by atomic mass is 9.90. The Morgan fingerprint density at radius 2 is 2.10 bits per heavy atom. The summed E-state index contributed by atoms with van der Waals surface area (Å²) in [5.74, 6) is 3.05. The molecule has 0 aromatic heterocycles. The first-order valence-corrected chi connectivity index (χ1v) is 4.74. The number of hydrogen-bond acceptors (Lipinski definition) is 0. The van der Waals surface area contributed by atoms with Crippen LogP contribution in [0.15, 0.2) is 0 Å². The maximum atomic E-state index is 2.41. The van der Waals surface area contributed by atoms with Crippen LogP contribution in [0.4, 0.5) is 0 Å². The van der Waals surface area contributed by atoms with Gasteiger partial charge < -0.3 is 0 Å². The van der Waals surface area contributed by atoms with E-state index in [2.05, 4.69) is 20.8 Å². The first-order chi connectivity index (χ1) is 4.74. The molecule has 0 radical (unpaired) electrons. The lowest BCUT2D eigenvalue weighted by Crippen LogP contribution is -2.06. The zero-order chi connectivity index (χ0) is 7.56. The van der Waals surface area contributed by atoms with E-state index in [9.17, 15) is 0 Å². The summed E-state index contributed by atoms with van der Waals surface area (Å²) in [7, 11) is 0. The van der Waals surface area contributed by atoms with Crippen molar-refractivity contribution < 1.29 is 0 Å². The van der Waals surface area contributed by atoms with Gasteiger partial charge in [0.1, 0.15) is 0 Å². The number of hydrogen-bond donors (Lipinski definition) is 0. The van der Waals surface area contributed by atoms with Crippen LogP contribution in [0, 0.1) is 17.8 Å². The smallest absolute Gasteiger partial charge is 0.0386 e. The van der Waals surface area contributed by atoms with Crippen molar-refractivity contribution in [3.8, 4) is 0 Å². The summed E-state index contributed by atoms with van der Waals surface area (Å²) in [6.45, 7) is 7.11. The Balaban J connectivity index is 2.29. The van der Waals surface area contributed by atoms with Crippen molar-refractivity contribution in [3.05, 3.63) is 0 Å². The fraction of sp³-hybridized carbons (Fsp3) is 1.00. The van der Waals surface area contributed by atoms with E-state index in [1.54, 1.807) is 0 Å². The van der Waals surface area contributed by atoms with Gasteiger partial charge in [-0.2, -0.15) is 0 Å². The largest absolute Gasteiger partial charge is 0.0651 e. The second-order valence-corrected chi connectivity index (χ2v) is 4.06. The molecule has 0 spiro atoms. The molecule has 0 amide bonds. The van der Waals surface area contributed by atoms with Gasteiger partial charge in [-0.05, 0) is 30.6 Å². The molecular formula is C10H20. The maximum absolute atomic E-state index is 2.41. The standard InChI is InChI=1S/C10H20/c1-4-9(3)10-6-5-8(2)7-10/h8-10H,4-7H2,1-3H3/t8-,9-,10?/m0/s1. The van der Waals surface area contributed by atoms with Crippen LogP contribution in [-0.2, 0) is 0 Å². The van der Waals surface area contributed by atoms with Gasteiger partial charge in [0, 0.05) is 0 Å². The Kier molecular flexibility index (Phi) is 2.76. The Morgan fingerprint density at radius 3 is 2.50 bits per heavy atom. The molecule has 1 aliphatic rings. The Labute approximate surface area is 65.0 Å². The second kappa shape index (κ2) is 3.41. The monoisotopic (exact) mass is 140 g/mol. The highest BCUT2D eigenvalue weighted by atomic mass is 14.3. The molecule has 0 heterocycles. The van der Waals surface area contributed by atoms with E-state index in [1.807, 2.05) is 0 Å². The van der Waals surface area contributed by atoms with Crippen molar-refractivity contribution in [1.82, 2.24) is 0 Å². The van der Waals surface area contributed by atoms with Crippen molar-refractivity contribution in [3.63, 3.8) is 0 Å². The normalized spacial score (nSPS) is 36.3. The van der Waals surface area contributed by atoms with Crippen LogP contribution in [-0.4, -0.2) is 0 Å². The quantitative estimate of drug-likeness (QED) is 0.551. The van der Waals surface area contributed by atoms with E-state index in [-0.39, 0.29) is 0 Å². The molecule has 0 nitrogen and oxygen atoms in total. The molecule has 1 fully saturated rings. The van der Waals surface area contributed by atoms with E-state index < -0.39 is 0 Å². The predicted molar refractivity (Wildman–Crippen MR) is 46.0 cm³/mol. The molecule has 1 unspecified atom stereocenters. The molecule has 0 aromatic carbocycles. The molecule has 0 heteroatoms. The van der Waals surface area contributed by atoms with E-state index in [0.717, 1.165) is 17.8 Å². The van der Waals surface area contributed by atoms with Crippen LogP contribution in [0.1, 0.15) is 46.5 Å². The lowest BCUT2D eigenvalue weighted by Gasteiger charge is -2.16. The average molecular weight is 140 g/mol. The highest BCUT2D eigenvalue weighted by Gasteiger charge is 2.24. The highest BCUT2D eigenvalue weighted by molar-refractivity contribution is 4.75. The van der Waals surface area contributed by atoms with Crippen molar-refractivity contribution >= 4 is 0 Å². The molecule has 0 saturated heterocycles. The summed E-state index contributed by atoms with van der Waals surface area (Å²) in [5.41, 5.74) is 0. The van der Waals surface area contributed by atoms with E-state index in [1.165, 1.54) is 25.7 Å². The zero-order valence-electron chi connectivity index (χ0n) is 7.56. The van der Waals surface area contributed by atoms with Gasteiger partial charge in [-0.15, -0.1) is 0 Å². The third kappa shape index (κ3) is 1.74. The topological polar surface area (TPSA) is 0 Å². The highest BCUT2D eigenvalue weighted by Crippen LogP contribution is 2.36. The van der Waals surface area contributed by atoms with Crippen molar-refractivity contribution in [2.75, 3.05) is 0 Å². The van der Waals surface area contributed by atoms with Gasteiger partial charge in [-0.25, -0.2) is 0 Å². The van der Waals surface area contributed by atoms with Gasteiger partial charge in [-0.1, -0.05) is 33.6 Å². The molecule has 1 saturated carbocycles. The van der Waals surface area contributed by atoms with Crippen molar-refractivity contribution in [2.24, 2.45) is 17.8 Å². The molecule has 0 bridgehead atoms. The predicted octanol–water partition coefficient (Wildman–Crippen LogP) is 3.47. The summed E-state index contributed by atoms with van der Waals surface area (Å²) in [6, 6.07) is 0. The van der Waals surface area contributed by atoms with Crippen molar-refractivity contribution in [1.29, 1.82) is 0 Å². The van der Waals surface area contributed by atoms with Crippen LogP contribution in [0.2, 0.25) is 0 Å². The first-order valence-electron chi connectivity index (χ1n) is 4.74. The van der Waals surface area contributed by atoms with E-state index in [0.29, 0.717) is 0 Å². The van der Waals surface area contributed by atoms with Crippen LogP contribution < -0.4 is 0 Å². The van der Waals surface area contributed by atoms with E-state index >= 15 is 0 Å². The van der Waals surface area contributed by atoms with Gasteiger partial charge >= 0.3 is 0 Å². The van der Waals surface area contributed by atoms with Gasteiger partial charge in [-0.3, -0.25) is 0 Å². The zero-order valence-corrected chi connectivity index (χ0v) is 7.56. The van der Waals surface area contributed by atoms with Crippen molar-refractivity contribution in [2.45, 2.75) is 46.5 Å². The molecule has 0 aliphatic heterocycles. The van der Waals surface area contributed by atoms with Crippen LogP contribution in [0.25, 0.3) is 0 Å². The Hall–Kier alpha value is 0.